The number of anilines is 1. The maximum Gasteiger partial charge on any atom is 0.234 e. The molecule has 2 aliphatic rings. The first kappa shape index (κ1) is 21.8. The molecule has 2 fully saturated rings. The fourth-order valence-corrected chi connectivity index (χ4v) is 4.23. The highest BCUT2D eigenvalue weighted by atomic mass is 79.9. The van der Waals surface area contributed by atoms with Gasteiger partial charge in [-0.25, -0.2) is 0 Å². The normalized spacial score (nSPS) is 20.7. The average molecular weight is 465 g/mol. The predicted molar refractivity (Wildman–Crippen MR) is 116 cm³/mol. The number of hydrogen-bond donors (Lipinski definition) is 1. The fourth-order valence-electron chi connectivity index (χ4n) is 3.98. The molecule has 1 N–H and O–H groups in total. The van der Waals surface area contributed by atoms with E-state index in [1.54, 1.807) is 4.90 Å². The molecule has 2 saturated heterocycles. The molecule has 3 amide bonds. The smallest absolute Gasteiger partial charge is 0.234 e. The lowest BCUT2D eigenvalue weighted by atomic mass is 10.1. The zero-order chi connectivity index (χ0) is 21.0. The molecular weight excluding hydrogens is 436 g/mol. The Labute approximate surface area is 180 Å². The lowest BCUT2D eigenvalue weighted by Crippen LogP contribution is -2.41. The Morgan fingerprint density at radius 3 is 2.72 bits per heavy atom. The van der Waals surface area contributed by atoms with E-state index in [1.807, 2.05) is 36.9 Å². The van der Waals surface area contributed by atoms with Crippen LogP contribution in [0.25, 0.3) is 0 Å². The van der Waals surface area contributed by atoms with Gasteiger partial charge in [0.25, 0.3) is 0 Å². The van der Waals surface area contributed by atoms with Gasteiger partial charge in [-0.3, -0.25) is 19.3 Å². The molecule has 1 atom stereocenters. The van der Waals surface area contributed by atoms with Gasteiger partial charge in [0.05, 0.1) is 12.5 Å². The van der Waals surface area contributed by atoms with Gasteiger partial charge in [-0.05, 0) is 44.0 Å². The molecule has 0 aromatic heterocycles. The maximum absolute atomic E-state index is 13.1. The van der Waals surface area contributed by atoms with Gasteiger partial charge < -0.3 is 15.1 Å². The van der Waals surface area contributed by atoms with Crippen LogP contribution in [-0.4, -0.2) is 73.3 Å². The molecule has 29 heavy (non-hydrogen) atoms. The van der Waals surface area contributed by atoms with Crippen molar-refractivity contribution in [3.8, 4) is 0 Å². The van der Waals surface area contributed by atoms with Crippen molar-refractivity contribution in [3.05, 3.63) is 28.2 Å². The number of likely N-dealkylation sites (N-methyl/N-ethyl adjacent to an activating group) is 1. The van der Waals surface area contributed by atoms with E-state index in [1.165, 1.54) is 0 Å². The van der Waals surface area contributed by atoms with Gasteiger partial charge in [-0.15, -0.1) is 0 Å². The highest BCUT2D eigenvalue weighted by Crippen LogP contribution is 2.29. The van der Waals surface area contributed by atoms with Crippen molar-refractivity contribution in [1.29, 1.82) is 0 Å². The third-order valence-corrected chi connectivity index (χ3v) is 6.46. The number of halogens is 1. The minimum Gasteiger partial charge on any atom is -0.355 e. The van der Waals surface area contributed by atoms with E-state index in [-0.39, 0.29) is 30.1 Å². The molecule has 158 valence electrons. The maximum atomic E-state index is 13.1. The summed E-state index contributed by atoms with van der Waals surface area (Å²) in [6, 6.07) is 5.82. The molecule has 1 aromatic carbocycles. The fraction of sp³-hybridized carbons (Fsp3) is 0.571. The van der Waals surface area contributed by atoms with Crippen LogP contribution >= 0.6 is 15.9 Å². The van der Waals surface area contributed by atoms with Gasteiger partial charge in [-0.1, -0.05) is 15.9 Å². The van der Waals surface area contributed by atoms with Crippen molar-refractivity contribution < 1.29 is 14.4 Å². The van der Waals surface area contributed by atoms with Crippen LogP contribution in [0, 0.1) is 12.8 Å². The Bertz CT molecular complexity index is 785. The van der Waals surface area contributed by atoms with Crippen LogP contribution in [0.5, 0.6) is 0 Å². The number of aryl methyl sites for hydroxylation is 1. The summed E-state index contributed by atoms with van der Waals surface area (Å²) in [5.41, 5.74) is 1.90. The van der Waals surface area contributed by atoms with E-state index in [4.69, 9.17) is 0 Å². The van der Waals surface area contributed by atoms with Crippen LogP contribution < -0.4 is 10.2 Å². The van der Waals surface area contributed by atoms with Crippen LogP contribution in [0.15, 0.2) is 22.7 Å². The van der Waals surface area contributed by atoms with E-state index >= 15 is 0 Å². The van der Waals surface area contributed by atoms with Gasteiger partial charge in [-0.2, -0.15) is 0 Å². The van der Waals surface area contributed by atoms with Gasteiger partial charge in [0.2, 0.25) is 17.7 Å². The van der Waals surface area contributed by atoms with Crippen molar-refractivity contribution in [3.63, 3.8) is 0 Å². The Morgan fingerprint density at radius 1 is 1.21 bits per heavy atom. The zero-order valence-corrected chi connectivity index (χ0v) is 18.7. The number of carbonyl (C=O) groups is 3. The predicted octanol–water partition coefficient (Wildman–Crippen LogP) is 1.78. The van der Waals surface area contributed by atoms with E-state index < -0.39 is 0 Å². The number of hydrogen-bond acceptors (Lipinski definition) is 4. The summed E-state index contributed by atoms with van der Waals surface area (Å²) in [4.78, 5) is 43.1. The largest absolute Gasteiger partial charge is 0.355 e. The first-order valence-corrected chi connectivity index (χ1v) is 11.0. The van der Waals surface area contributed by atoms with Gasteiger partial charge in [0.1, 0.15) is 0 Å². The van der Waals surface area contributed by atoms with Crippen molar-refractivity contribution >= 4 is 39.3 Å². The molecule has 7 nitrogen and oxygen atoms in total. The van der Waals surface area contributed by atoms with Crippen molar-refractivity contribution in [1.82, 2.24) is 15.1 Å². The van der Waals surface area contributed by atoms with Crippen LogP contribution in [0.2, 0.25) is 0 Å². The van der Waals surface area contributed by atoms with Gasteiger partial charge in [0, 0.05) is 55.8 Å². The molecule has 1 unspecified atom stereocenters. The monoisotopic (exact) mass is 464 g/mol. The van der Waals surface area contributed by atoms with Crippen LogP contribution in [-0.2, 0) is 14.4 Å². The molecule has 0 spiro atoms. The second kappa shape index (κ2) is 9.71. The number of amides is 3. The van der Waals surface area contributed by atoms with Crippen LogP contribution in [0.3, 0.4) is 0 Å². The molecule has 0 saturated carbocycles. The molecule has 0 radical (unpaired) electrons. The summed E-state index contributed by atoms with van der Waals surface area (Å²) in [5, 5.41) is 2.82. The summed E-state index contributed by atoms with van der Waals surface area (Å²) in [6.07, 6.45) is 1.09. The average Bonchev–Trinajstić information content (AvgIpc) is 2.92. The van der Waals surface area contributed by atoms with Crippen LogP contribution in [0.4, 0.5) is 5.69 Å². The second-order valence-electron chi connectivity index (χ2n) is 7.75. The molecule has 2 heterocycles. The van der Waals surface area contributed by atoms with Crippen molar-refractivity contribution in [2.45, 2.75) is 26.7 Å². The third kappa shape index (κ3) is 5.36. The van der Waals surface area contributed by atoms with E-state index in [0.717, 1.165) is 28.7 Å². The summed E-state index contributed by atoms with van der Waals surface area (Å²) in [7, 11) is 0. The zero-order valence-electron chi connectivity index (χ0n) is 17.1. The van der Waals surface area contributed by atoms with E-state index in [9.17, 15) is 14.4 Å². The van der Waals surface area contributed by atoms with Gasteiger partial charge >= 0.3 is 0 Å². The Kier molecular flexibility index (Phi) is 7.29. The molecule has 3 rings (SSSR count). The summed E-state index contributed by atoms with van der Waals surface area (Å²) in [6.45, 7) is 8.07. The summed E-state index contributed by atoms with van der Waals surface area (Å²) >= 11 is 3.48. The minimum absolute atomic E-state index is 0.00208. The Hall–Kier alpha value is -1.93. The standard InChI is InChI=1S/C21H29BrN4O3/c1-3-23-19(27)14-24-7-4-8-25(10-9-24)21(29)16-12-20(28)26(13-16)17-5-6-18(22)15(2)11-17/h5-6,11,16H,3-4,7-10,12-14H2,1-2H3,(H,23,27). The topological polar surface area (TPSA) is 73.0 Å². The lowest BCUT2D eigenvalue weighted by Gasteiger charge is -2.24. The first-order chi connectivity index (χ1) is 13.9. The molecule has 8 heteroatoms. The number of rotatable bonds is 5. The van der Waals surface area contributed by atoms with Gasteiger partial charge in [0.15, 0.2) is 0 Å². The lowest BCUT2D eigenvalue weighted by molar-refractivity contribution is -0.135. The Morgan fingerprint density at radius 2 is 2.00 bits per heavy atom. The van der Waals surface area contributed by atoms with E-state index in [2.05, 4.69) is 26.1 Å². The quantitative estimate of drug-likeness (QED) is 0.720. The second-order valence-corrected chi connectivity index (χ2v) is 8.60. The summed E-state index contributed by atoms with van der Waals surface area (Å²) in [5.74, 6) is -0.234. The van der Waals surface area contributed by atoms with E-state index in [0.29, 0.717) is 39.3 Å². The molecule has 2 aliphatic heterocycles. The Balaban J connectivity index is 1.58. The molecule has 0 aliphatic carbocycles. The van der Waals surface area contributed by atoms with Crippen molar-refractivity contribution in [2.75, 3.05) is 50.7 Å². The number of carbonyl (C=O) groups excluding carboxylic acids is 3. The molecule has 1 aromatic rings. The first-order valence-electron chi connectivity index (χ1n) is 10.2. The molecular formula is C21H29BrN4O3. The highest BCUT2D eigenvalue weighted by Gasteiger charge is 2.37. The van der Waals surface area contributed by atoms with Crippen LogP contribution in [0.1, 0.15) is 25.3 Å². The SMILES string of the molecule is CCNC(=O)CN1CCCN(C(=O)C2CC(=O)N(c3ccc(Br)c(C)c3)C2)CC1. The van der Waals surface area contributed by atoms with Crippen molar-refractivity contribution in [2.24, 2.45) is 5.92 Å². The number of nitrogens with zero attached hydrogens (tertiary/aromatic N) is 3. The summed E-state index contributed by atoms with van der Waals surface area (Å²) < 4.78 is 1.00. The third-order valence-electron chi connectivity index (χ3n) is 5.57. The highest BCUT2D eigenvalue weighted by molar-refractivity contribution is 9.10. The number of nitrogens with one attached hydrogen (secondary N) is 1. The molecule has 0 bridgehead atoms. The minimum atomic E-state index is -0.304. The number of benzene rings is 1.